The molecule has 1 fully saturated rings. The molecular weight excluding hydrogens is 465 g/mol. The van der Waals surface area contributed by atoms with Gasteiger partial charge in [0, 0.05) is 41.2 Å². The molecule has 4 amide bonds. The zero-order valence-electron chi connectivity index (χ0n) is 19.0. The highest BCUT2D eigenvalue weighted by Crippen LogP contribution is 2.35. The van der Waals surface area contributed by atoms with Crippen LogP contribution in [0.15, 0.2) is 30.4 Å². The van der Waals surface area contributed by atoms with Gasteiger partial charge in [0.05, 0.1) is 11.8 Å². The lowest BCUT2D eigenvalue weighted by Crippen LogP contribution is -2.49. The van der Waals surface area contributed by atoms with Gasteiger partial charge < -0.3 is 10.2 Å². The van der Waals surface area contributed by atoms with Crippen molar-refractivity contribution in [2.24, 2.45) is 11.8 Å². The van der Waals surface area contributed by atoms with Crippen molar-refractivity contribution in [1.82, 2.24) is 15.1 Å². The Bertz CT molecular complexity index is 932. The van der Waals surface area contributed by atoms with Crippen LogP contribution in [0.25, 0.3) is 0 Å². The number of amides is 4. The van der Waals surface area contributed by atoms with Crippen LogP contribution in [0.1, 0.15) is 45.6 Å². The van der Waals surface area contributed by atoms with Crippen LogP contribution in [-0.4, -0.2) is 52.1 Å². The van der Waals surface area contributed by atoms with Gasteiger partial charge in [0.1, 0.15) is 6.04 Å². The second-order valence-electron chi connectivity index (χ2n) is 8.80. The summed E-state index contributed by atoms with van der Waals surface area (Å²) in [7, 11) is 0. The fraction of sp³-hybridized carbons (Fsp3) is 0.500. The first kappa shape index (κ1) is 25.2. The fourth-order valence-corrected chi connectivity index (χ4v) is 4.80. The molecule has 1 aromatic rings. The molecule has 0 aromatic heterocycles. The van der Waals surface area contributed by atoms with Crippen LogP contribution in [0.4, 0.5) is 0 Å². The van der Waals surface area contributed by atoms with E-state index in [0.29, 0.717) is 28.5 Å². The number of halogens is 2. The van der Waals surface area contributed by atoms with Crippen LogP contribution in [0.5, 0.6) is 0 Å². The number of imide groups is 1. The molecule has 178 valence electrons. The second-order valence-corrected chi connectivity index (χ2v) is 9.61. The Morgan fingerprint density at radius 2 is 1.61 bits per heavy atom. The first-order chi connectivity index (χ1) is 15.6. The van der Waals surface area contributed by atoms with Crippen molar-refractivity contribution in [3.63, 3.8) is 0 Å². The summed E-state index contributed by atoms with van der Waals surface area (Å²) in [6, 6.07) is 4.14. The quantitative estimate of drug-likeness (QED) is 0.442. The molecule has 1 N–H and O–H groups in total. The van der Waals surface area contributed by atoms with Crippen LogP contribution in [0.2, 0.25) is 10.0 Å². The van der Waals surface area contributed by atoms with E-state index in [1.807, 2.05) is 26.0 Å². The third-order valence-electron chi connectivity index (χ3n) is 6.14. The van der Waals surface area contributed by atoms with Gasteiger partial charge in [-0.25, -0.2) is 0 Å². The SMILES string of the molecule is CC(C)NC(=O)C(C)N(Cc1c(Cl)cccc1Cl)C(=O)CCN1C(=O)[C@H]2CC=CC[C@H]2C1=O. The van der Waals surface area contributed by atoms with Crippen molar-refractivity contribution >= 4 is 46.8 Å². The monoisotopic (exact) mass is 493 g/mol. The zero-order valence-corrected chi connectivity index (χ0v) is 20.5. The third kappa shape index (κ3) is 5.58. The van der Waals surface area contributed by atoms with Gasteiger partial charge >= 0.3 is 0 Å². The van der Waals surface area contributed by atoms with Gasteiger partial charge in [0.25, 0.3) is 0 Å². The standard InChI is InChI=1S/C24H29Cl2N3O4/c1-14(2)27-22(31)15(3)29(13-18-19(25)9-6-10-20(18)26)21(30)11-12-28-23(32)16-7-4-5-8-17(16)24(28)33/h4-6,9-10,14-17H,7-8,11-13H2,1-3H3,(H,27,31)/t15?,16-,17+. The lowest BCUT2D eigenvalue weighted by molar-refractivity contribution is -0.143. The smallest absolute Gasteiger partial charge is 0.242 e. The predicted molar refractivity (Wildman–Crippen MR) is 126 cm³/mol. The number of likely N-dealkylation sites (tertiary alicyclic amines) is 1. The molecule has 1 heterocycles. The molecule has 33 heavy (non-hydrogen) atoms. The Kier molecular flexibility index (Phi) is 8.19. The maximum absolute atomic E-state index is 13.3. The first-order valence-corrected chi connectivity index (χ1v) is 11.9. The number of benzene rings is 1. The Labute approximate surface area is 204 Å². The molecule has 3 rings (SSSR count). The molecule has 0 spiro atoms. The summed E-state index contributed by atoms with van der Waals surface area (Å²) in [5.74, 6) is -1.82. The van der Waals surface area contributed by atoms with Crippen molar-refractivity contribution in [3.8, 4) is 0 Å². The summed E-state index contributed by atoms with van der Waals surface area (Å²) < 4.78 is 0. The predicted octanol–water partition coefficient (Wildman–Crippen LogP) is 3.58. The molecular formula is C24H29Cl2N3O4. The average molecular weight is 494 g/mol. The van der Waals surface area contributed by atoms with Crippen LogP contribution in [0, 0.1) is 11.8 Å². The number of nitrogens with zero attached hydrogens (tertiary/aromatic N) is 2. The number of nitrogens with one attached hydrogen (secondary N) is 1. The summed E-state index contributed by atoms with van der Waals surface area (Å²) in [5, 5.41) is 3.59. The molecule has 1 aromatic carbocycles. The molecule has 1 aliphatic carbocycles. The molecule has 0 saturated carbocycles. The largest absolute Gasteiger partial charge is 0.352 e. The maximum Gasteiger partial charge on any atom is 0.242 e. The lowest BCUT2D eigenvalue weighted by Gasteiger charge is -2.30. The van der Waals surface area contributed by atoms with Gasteiger partial charge in [-0.1, -0.05) is 41.4 Å². The number of carbonyl (C=O) groups is 4. The summed E-state index contributed by atoms with van der Waals surface area (Å²) in [5.41, 5.74) is 0.531. The van der Waals surface area contributed by atoms with Crippen molar-refractivity contribution in [3.05, 3.63) is 46.0 Å². The molecule has 2 aliphatic rings. The van der Waals surface area contributed by atoms with E-state index in [4.69, 9.17) is 23.2 Å². The Balaban J connectivity index is 1.76. The Hall–Kier alpha value is -2.38. The van der Waals surface area contributed by atoms with Crippen LogP contribution >= 0.6 is 23.2 Å². The van der Waals surface area contributed by atoms with Crippen LogP contribution < -0.4 is 5.32 Å². The van der Waals surface area contributed by atoms with E-state index < -0.39 is 6.04 Å². The van der Waals surface area contributed by atoms with Crippen molar-refractivity contribution in [1.29, 1.82) is 0 Å². The minimum Gasteiger partial charge on any atom is -0.352 e. The summed E-state index contributed by atoms with van der Waals surface area (Å²) in [4.78, 5) is 54.0. The van der Waals surface area contributed by atoms with Crippen molar-refractivity contribution in [2.45, 2.75) is 58.7 Å². The maximum atomic E-state index is 13.3. The summed E-state index contributed by atoms with van der Waals surface area (Å²) in [6.45, 7) is 5.31. The number of hydrogen-bond acceptors (Lipinski definition) is 4. The second kappa shape index (κ2) is 10.7. The first-order valence-electron chi connectivity index (χ1n) is 11.1. The van der Waals surface area contributed by atoms with E-state index in [2.05, 4.69) is 5.32 Å². The summed E-state index contributed by atoms with van der Waals surface area (Å²) >= 11 is 12.6. The zero-order chi connectivity index (χ0) is 24.3. The van der Waals surface area contributed by atoms with E-state index in [1.54, 1.807) is 25.1 Å². The van der Waals surface area contributed by atoms with Crippen molar-refractivity contribution in [2.75, 3.05) is 6.54 Å². The van der Waals surface area contributed by atoms with Crippen LogP contribution in [-0.2, 0) is 25.7 Å². The molecule has 0 radical (unpaired) electrons. The van der Waals surface area contributed by atoms with E-state index in [1.165, 1.54) is 9.80 Å². The number of hydrogen-bond donors (Lipinski definition) is 1. The highest BCUT2D eigenvalue weighted by Gasteiger charge is 2.47. The normalized spacial score (nSPS) is 20.7. The molecule has 1 unspecified atom stereocenters. The van der Waals surface area contributed by atoms with E-state index in [9.17, 15) is 19.2 Å². The van der Waals surface area contributed by atoms with Gasteiger partial charge in [0.15, 0.2) is 0 Å². The van der Waals surface area contributed by atoms with Crippen LogP contribution in [0.3, 0.4) is 0 Å². The van der Waals surface area contributed by atoms with Gasteiger partial charge in [-0.2, -0.15) is 0 Å². The molecule has 0 bridgehead atoms. The van der Waals surface area contributed by atoms with Gasteiger partial charge in [-0.3, -0.25) is 24.1 Å². The third-order valence-corrected chi connectivity index (χ3v) is 6.84. The highest BCUT2D eigenvalue weighted by molar-refractivity contribution is 6.36. The number of allylic oxidation sites excluding steroid dienone is 2. The van der Waals surface area contributed by atoms with Crippen molar-refractivity contribution < 1.29 is 19.2 Å². The Morgan fingerprint density at radius 1 is 1.06 bits per heavy atom. The molecule has 1 aliphatic heterocycles. The Morgan fingerprint density at radius 3 is 2.12 bits per heavy atom. The molecule has 3 atom stereocenters. The van der Waals surface area contributed by atoms with E-state index in [0.717, 1.165) is 0 Å². The number of carbonyl (C=O) groups excluding carboxylic acids is 4. The van der Waals surface area contributed by atoms with Gasteiger partial charge in [-0.15, -0.1) is 0 Å². The minimum atomic E-state index is -0.802. The van der Waals surface area contributed by atoms with Gasteiger partial charge in [-0.05, 0) is 45.7 Å². The average Bonchev–Trinajstić information content (AvgIpc) is 3.01. The topological polar surface area (TPSA) is 86.8 Å². The molecule has 7 nitrogen and oxygen atoms in total. The number of rotatable bonds is 8. The summed E-state index contributed by atoms with van der Waals surface area (Å²) in [6.07, 6.45) is 4.84. The molecule has 9 heteroatoms. The van der Waals surface area contributed by atoms with E-state index >= 15 is 0 Å². The van der Waals surface area contributed by atoms with Gasteiger partial charge in [0.2, 0.25) is 23.6 Å². The lowest BCUT2D eigenvalue weighted by atomic mass is 9.85. The van der Waals surface area contributed by atoms with E-state index in [-0.39, 0.29) is 61.0 Å². The number of fused-ring (bicyclic) bond motifs is 1. The minimum absolute atomic E-state index is 0.0191. The highest BCUT2D eigenvalue weighted by atomic mass is 35.5. The molecule has 1 saturated heterocycles. The fourth-order valence-electron chi connectivity index (χ4n) is 4.28.